The van der Waals surface area contributed by atoms with Gasteiger partial charge in [0.2, 0.25) is 0 Å². The number of urea groups is 1. The van der Waals surface area contributed by atoms with E-state index in [9.17, 15) is 9.59 Å². The van der Waals surface area contributed by atoms with Crippen LogP contribution in [0.1, 0.15) is 17.3 Å². The number of Topliss-reactive ketones (excluding diaryl/α,β-unsaturated/α-hetero) is 1. The Labute approximate surface area is 151 Å². The van der Waals surface area contributed by atoms with Gasteiger partial charge in [0, 0.05) is 36.9 Å². The number of rotatable bonds is 4. The average molecular weight is 348 g/mol. The average Bonchev–Trinajstić information content (AvgIpc) is 2.61. The fourth-order valence-electron chi connectivity index (χ4n) is 2.93. The predicted octanol–water partition coefficient (Wildman–Crippen LogP) is 3.72. The molecule has 0 atom stereocenters. The molecule has 0 saturated heterocycles. The van der Waals surface area contributed by atoms with Crippen molar-refractivity contribution in [3.63, 3.8) is 0 Å². The van der Waals surface area contributed by atoms with E-state index in [0.717, 1.165) is 5.69 Å². The van der Waals surface area contributed by atoms with Gasteiger partial charge < -0.3 is 10.6 Å². The Morgan fingerprint density at radius 3 is 2.19 bits per heavy atom. The lowest BCUT2D eigenvalue weighted by atomic mass is 10.0. The fraction of sp³-hybridized carbons (Fsp3) is 0.150. The first-order chi connectivity index (χ1) is 12.4. The second kappa shape index (κ2) is 6.84. The van der Waals surface area contributed by atoms with E-state index >= 15 is 0 Å². The number of ketones is 1. The molecule has 0 aliphatic heterocycles. The van der Waals surface area contributed by atoms with E-state index in [1.54, 1.807) is 24.4 Å². The number of amides is 2. The minimum absolute atomic E-state index is 0.0822. The number of nitrogens with zero attached hydrogens (tertiary/aromatic N) is 3. The highest BCUT2D eigenvalue weighted by atomic mass is 16.2. The second-order valence-electron chi connectivity index (χ2n) is 6.17. The number of aromatic nitrogens is 1. The molecule has 0 aliphatic carbocycles. The van der Waals surface area contributed by atoms with Crippen molar-refractivity contribution in [3.8, 4) is 0 Å². The summed E-state index contributed by atoms with van der Waals surface area (Å²) >= 11 is 0. The number of hydrogen-bond acceptors (Lipinski definition) is 4. The zero-order valence-electron chi connectivity index (χ0n) is 14.9. The van der Waals surface area contributed by atoms with Crippen molar-refractivity contribution in [3.05, 3.63) is 60.3 Å². The third kappa shape index (κ3) is 3.09. The first-order valence-electron chi connectivity index (χ1n) is 8.15. The smallest absolute Gasteiger partial charge is 0.323 e. The topological polar surface area (TPSA) is 79.5 Å². The predicted molar refractivity (Wildman–Crippen MR) is 104 cm³/mol. The zero-order chi connectivity index (χ0) is 18.8. The SMILES string of the molecule is CC(=O)c1cccc2c(N(C(N)=O)c3ccc(N(C)C)cc3)ccnc12. The minimum Gasteiger partial charge on any atom is -0.378 e. The summed E-state index contributed by atoms with van der Waals surface area (Å²) in [6.07, 6.45) is 1.58. The number of primary amides is 1. The van der Waals surface area contributed by atoms with Crippen molar-refractivity contribution in [1.82, 2.24) is 4.98 Å². The van der Waals surface area contributed by atoms with Crippen molar-refractivity contribution in [2.75, 3.05) is 23.9 Å². The number of para-hydroxylation sites is 1. The Bertz CT molecular complexity index is 981. The number of anilines is 3. The largest absolute Gasteiger partial charge is 0.378 e. The monoisotopic (exact) mass is 348 g/mol. The Balaban J connectivity index is 2.19. The summed E-state index contributed by atoms with van der Waals surface area (Å²) in [4.78, 5) is 31.9. The number of carbonyl (C=O) groups is 2. The molecule has 3 rings (SSSR count). The van der Waals surface area contributed by atoms with Crippen LogP contribution in [0.3, 0.4) is 0 Å². The molecule has 2 N–H and O–H groups in total. The van der Waals surface area contributed by atoms with Gasteiger partial charge >= 0.3 is 6.03 Å². The van der Waals surface area contributed by atoms with Crippen LogP contribution in [-0.4, -0.2) is 30.9 Å². The van der Waals surface area contributed by atoms with E-state index in [2.05, 4.69) is 4.98 Å². The Morgan fingerprint density at radius 1 is 0.962 bits per heavy atom. The molecule has 0 unspecified atom stereocenters. The van der Waals surface area contributed by atoms with E-state index in [0.29, 0.717) is 27.8 Å². The molecule has 3 aromatic rings. The molecular weight excluding hydrogens is 328 g/mol. The van der Waals surface area contributed by atoms with Crippen LogP contribution in [0.4, 0.5) is 21.9 Å². The third-order valence-electron chi connectivity index (χ3n) is 4.21. The molecule has 0 bridgehead atoms. The molecule has 0 spiro atoms. The van der Waals surface area contributed by atoms with Gasteiger partial charge in [0.25, 0.3) is 0 Å². The van der Waals surface area contributed by atoms with E-state index < -0.39 is 6.03 Å². The summed E-state index contributed by atoms with van der Waals surface area (Å²) in [7, 11) is 3.89. The summed E-state index contributed by atoms with van der Waals surface area (Å²) in [5.74, 6) is -0.0822. The third-order valence-corrected chi connectivity index (χ3v) is 4.21. The standard InChI is InChI=1S/C20H20N4O2/c1-13(25)16-5-4-6-17-18(11-12-22-19(16)17)24(20(21)26)15-9-7-14(8-10-15)23(2)3/h4-12H,1-3H3,(H2,21,26). The number of hydrogen-bond donors (Lipinski definition) is 1. The van der Waals surface area contributed by atoms with Gasteiger partial charge in [0.1, 0.15) is 0 Å². The highest BCUT2D eigenvalue weighted by Gasteiger charge is 2.19. The van der Waals surface area contributed by atoms with Crippen LogP contribution in [0.15, 0.2) is 54.7 Å². The van der Waals surface area contributed by atoms with Crippen molar-refractivity contribution in [1.29, 1.82) is 0 Å². The first kappa shape index (κ1) is 17.4. The van der Waals surface area contributed by atoms with Gasteiger partial charge in [-0.15, -0.1) is 0 Å². The van der Waals surface area contributed by atoms with Crippen LogP contribution in [0, 0.1) is 0 Å². The van der Waals surface area contributed by atoms with Crippen LogP contribution >= 0.6 is 0 Å². The van der Waals surface area contributed by atoms with Crippen molar-refractivity contribution < 1.29 is 9.59 Å². The molecule has 6 heteroatoms. The number of fused-ring (bicyclic) bond motifs is 1. The maximum absolute atomic E-state index is 12.2. The summed E-state index contributed by atoms with van der Waals surface area (Å²) in [6.45, 7) is 1.49. The quantitative estimate of drug-likeness (QED) is 0.729. The van der Waals surface area contributed by atoms with Crippen LogP contribution in [0.25, 0.3) is 10.9 Å². The molecule has 1 aromatic heterocycles. The molecule has 0 aliphatic rings. The first-order valence-corrected chi connectivity index (χ1v) is 8.15. The molecular formula is C20H20N4O2. The number of carbonyl (C=O) groups excluding carboxylic acids is 2. The fourth-order valence-corrected chi connectivity index (χ4v) is 2.93. The summed E-state index contributed by atoms with van der Waals surface area (Å²) in [5.41, 5.74) is 8.98. The number of benzene rings is 2. The molecule has 1 heterocycles. The van der Waals surface area contributed by atoms with E-state index in [1.165, 1.54) is 11.8 Å². The van der Waals surface area contributed by atoms with Gasteiger partial charge in [-0.1, -0.05) is 12.1 Å². The lowest BCUT2D eigenvalue weighted by Gasteiger charge is -2.23. The van der Waals surface area contributed by atoms with Crippen LogP contribution in [0.2, 0.25) is 0 Å². The van der Waals surface area contributed by atoms with Gasteiger partial charge in [0.15, 0.2) is 5.78 Å². The molecule has 2 amide bonds. The highest BCUT2D eigenvalue weighted by Crippen LogP contribution is 2.33. The van der Waals surface area contributed by atoms with Crippen molar-refractivity contribution >= 4 is 39.8 Å². The molecule has 6 nitrogen and oxygen atoms in total. The maximum Gasteiger partial charge on any atom is 0.323 e. The molecule has 2 aromatic carbocycles. The maximum atomic E-state index is 12.2. The molecule has 26 heavy (non-hydrogen) atoms. The van der Waals surface area contributed by atoms with Crippen LogP contribution in [-0.2, 0) is 0 Å². The van der Waals surface area contributed by atoms with Gasteiger partial charge in [0.05, 0.1) is 16.9 Å². The van der Waals surface area contributed by atoms with E-state index in [-0.39, 0.29) is 5.78 Å². The van der Waals surface area contributed by atoms with Crippen molar-refractivity contribution in [2.45, 2.75) is 6.92 Å². The normalized spacial score (nSPS) is 10.6. The zero-order valence-corrected chi connectivity index (χ0v) is 14.9. The van der Waals surface area contributed by atoms with Gasteiger partial charge in [-0.2, -0.15) is 0 Å². The van der Waals surface area contributed by atoms with E-state index in [1.807, 2.05) is 49.3 Å². The summed E-state index contributed by atoms with van der Waals surface area (Å²) in [5, 5.41) is 0.690. The van der Waals surface area contributed by atoms with Crippen LogP contribution < -0.4 is 15.5 Å². The van der Waals surface area contributed by atoms with Gasteiger partial charge in [-0.3, -0.25) is 14.7 Å². The van der Waals surface area contributed by atoms with Crippen molar-refractivity contribution in [2.24, 2.45) is 5.73 Å². The lowest BCUT2D eigenvalue weighted by molar-refractivity contribution is 0.101. The van der Waals surface area contributed by atoms with Gasteiger partial charge in [-0.25, -0.2) is 4.79 Å². The highest BCUT2D eigenvalue weighted by molar-refractivity contribution is 6.12. The molecule has 0 fully saturated rings. The Hall–Kier alpha value is -3.41. The Morgan fingerprint density at radius 2 is 1.62 bits per heavy atom. The number of pyridine rings is 1. The summed E-state index contributed by atoms with van der Waals surface area (Å²) < 4.78 is 0. The summed E-state index contributed by atoms with van der Waals surface area (Å²) in [6, 6.07) is 13.9. The molecule has 0 radical (unpaired) electrons. The lowest BCUT2D eigenvalue weighted by Crippen LogP contribution is -2.31. The van der Waals surface area contributed by atoms with Crippen LogP contribution in [0.5, 0.6) is 0 Å². The second-order valence-corrected chi connectivity index (χ2v) is 6.17. The molecule has 0 saturated carbocycles. The van der Waals surface area contributed by atoms with Gasteiger partial charge in [-0.05, 0) is 43.3 Å². The minimum atomic E-state index is -0.608. The molecule has 132 valence electrons. The number of nitrogens with two attached hydrogens (primary N) is 1. The Kier molecular flexibility index (Phi) is 4.58. The van der Waals surface area contributed by atoms with E-state index in [4.69, 9.17) is 5.73 Å².